The Morgan fingerprint density at radius 2 is 2.57 bits per heavy atom. The highest BCUT2D eigenvalue weighted by molar-refractivity contribution is 4.50. The second kappa shape index (κ2) is 2.99. The molecule has 0 spiro atoms. The van der Waals surface area contributed by atoms with E-state index >= 15 is 0 Å². The fraction of sp³-hybridized carbons (Fsp3) is 1.00. The molecule has 0 saturated carbocycles. The summed E-state index contributed by atoms with van der Waals surface area (Å²) in [6.07, 6.45) is 0.451. The van der Waals surface area contributed by atoms with Gasteiger partial charge in [0.25, 0.3) is 0 Å². The van der Waals surface area contributed by atoms with E-state index in [0.29, 0.717) is 26.2 Å². The van der Waals surface area contributed by atoms with E-state index < -0.39 is 6.50 Å². The Kier molecular flexibility index (Phi) is 1.30. The smallest absolute Gasteiger partial charge is 0.0590 e. The van der Waals surface area contributed by atoms with Gasteiger partial charge in [-0.1, -0.05) is 0 Å². The van der Waals surface area contributed by atoms with Crippen molar-refractivity contribution in [1.82, 2.24) is 5.32 Å². The Hall–Kier alpha value is -0.0800. The molecule has 0 atom stereocenters. The molecule has 1 saturated heterocycles. The van der Waals surface area contributed by atoms with Crippen molar-refractivity contribution < 1.29 is 7.48 Å². The first-order chi connectivity index (χ1) is 4.21. The predicted octanol–water partition coefficient (Wildman–Crippen LogP) is -0.00370. The first-order valence-corrected chi connectivity index (χ1v) is 2.53. The largest absolute Gasteiger partial charge is 0.380 e. The van der Waals surface area contributed by atoms with Gasteiger partial charge in [-0.3, -0.25) is 0 Å². The summed E-state index contributed by atoms with van der Waals surface area (Å²) < 4.78 is 19.5. The van der Waals surface area contributed by atoms with Crippen LogP contribution in [-0.2, 0) is 4.74 Å². The summed E-state index contributed by atoms with van der Waals surface area (Å²) in [5.41, 5.74) is 0. The fourth-order valence-electron chi connectivity index (χ4n) is 0.525. The third-order valence-corrected chi connectivity index (χ3v) is 0.868. The number of ether oxygens (including phenoxy) is 1. The molecule has 7 heavy (non-hydrogen) atoms. The third kappa shape index (κ3) is 1.90. The van der Waals surface area contributed by atoms with Gasteiger partial charge in [0.15, 0.2) is 0 Å². The Labute approximate surface area is 46.7 Å². The fourth-order valence-corrected chi connectivity index (χ4v) is 0.525. The maximum atomic E-state index is 7.24. The van der Waals surface area contributed by atoms with Crippen molar-refractivity contribution in [2.75, 3.05) is 26.3 Å². The number of nitrogens with one attached hydrogen (secondary N) is 1. The normalized spacial score (nSPS) is 35.4. The van der Waals surface area contributed by atoms with Gasteiger partial charge in [-0.25, -0.2) is 0 Å². The van der Waals surface area contributed by atoms with Crippen LogP contribution < -0.4 is 5.32 Å². The van der Waals surface area contributed by atoms with Crippen LogP contribution in [0.5, 0.6) is 0 Å². The molecule has 2 heteroatoms. The van der Waals surface area contributed by atoms with Crippen LogP contribution in [-0.4, -0.2) is 26.3 Å². The molecule has 0 amide bonds. The minimum absolute atomic E-state index is 0.451. The zero-order valence-corrected chi connectivity index (χ0v) is 4.24. The summed E-state index contributed by atoms with van der Waals surface area (Å²) in [5.74, 6) is 0. The van der Waals surface area contributed by atoms with Gasteiger partial charge in [0.05, 0.1) is 6.61 Å². The molecule has 0 aromatic carbocycles. The highest BCUT2D eigenvalue weighted by Gasteiger charge is 1.93. The standard InChI is InChI=1S/C5H11NO/c1-2-6-3-5-7-4-1/h6H,1-5H2/i2D2. The predicted molar refractivity (Wildman–Crippen MR) is 28.3 cm³/mol. The summed E-state index contributed by atoms with van der Waals surface area (Å²) in [6.45, 7) is 0.559. The van der Waals surface area contributed by atoms with E-state index in [1.165, 1.54) is 0 Å². The lowest BCUT2D eigenvalue weighted by Gasteiger charge is -1.91. The van der Waals surface area contributed by atoms with Gasteiger partial charge in [-0.2, -0.15) is 0 Å². The zero-order valence-electron chi connectivity index (χ0n) is 6.24. The van der Waals surface area contributed by atoms with E-state index in [9.17, 15) is 0 Å². The third-order valence-electron chi connectivity index (χ3n) is 0.868. The van der Waals surface area contributed by atoms with E-state index in [4.69, 9.17) is 7.48 Å². The lowest BCUT2D eigenvalue weighted by Crippen LogP contribution is -2.15. The quantitative estimate of drug-likeness (QED) is 0.466. The Bertz CT molecular complexity index is 87.0. The summed E-state index contributed by atoms with van der Waals surface area (Å²) in [4.78, 5) is 0. The minimum atomic E-state index is -1.21. The van der Waals surface area contributed by atoms with Crippen LogP contribution >= 0.6 is 0 Å². The van der Waals surface area contributed by atoms with E-state index in [2.05, 4.69) is 5.32 Å². The highest BCUT2D eigenvalue weighted by atomic mass is 16.5. The molecule has 1 aliphatic rings. The van der Waals surface area contributed by atoms with Crippen molar-refractivity contribution >= 4 is 0 Å². The Balaban J connectivity index is 2.36. The lowest BCUT2D eigenvalue weighted by molar-refractivity contribution is 0.151. The molecule has 1 rings (SSSR count). The molecule has 2 nitrogen and oxygen atoms in total. The number of hydrogen-bond donors (Lipinski definition) is 1. The van der Waals surface area contributed by atoms with Gasteiger partial charge in [-0.15, -0.1) is 0 Å². The second-order valence-electron chi connectivity index (χ2n) is 1.47. The molecule has 1 aliphatic heterocycles. The molecule has 0 aromatic rings. The van der Waals surface area contributed by atoms with E-state index in [1.807, 2.05) is 0 Å². The zero-order chi connectivity index (χ0) is 6.74. The first kappa shape index (κ1) is 3.05. The SMILES string of the molecule is [2H]C1([2H])CCOCCN1. The summed E-state index contributed by atoms with van der Waals surface area (Å²) in [6, 6.07) is 0. The molecule has 0 bridgehead atoms. The van der Waals surface area contributed by atoms with Crippen molar-refractivity contribution in [2.24, 2.45) is 0 Å². The second-order valence-corrected chi connectivity index (χ2v) is 1.47. The average molecular weight is 103 g/mol. The van der Waals surface area contributed by atoms with Crippen molar-refractivity contribution in [1.29, 1.82) is 0 Å². The van der Waals surface area contributed by atoms with Crippen molar-refractivity contribution in [3.05, 3.63) is 0 Å². The monoisotopic (exact) mass is 103 g/mol. The van der Waals surface area contributed by atoms with Crippen LogP contribution in [0.3, 0.4) is 0 Å². The van der Waals surface area contributed by atoms with Gasteiger partial charge in [0.2, 0.25) is 0 Å². The molecule has 1 heterocycles. The average Bonchev–Trinajstić information content (AvgIpc) is 1.92. The van der Waals surface area contributed by atoms with Crippen LogP contribution in [0.1, 0.15) is 9.16 Å². The summed E-state index contributed by atoms with van der Waals surface area (Å²) in [7, 11) is 0. The maximum Gasteiger partial charge on any atom is 0.0590 e. The molecule has 0 aliphatic carbocycles. The Morgan fingerprint density at radius 1 is 1.57 bits per heavy atom. The van der Waals surface area contributed by atoms with Crippen molar-refractivity contribution in [2.45, 2.75) is 6.42 Å². The van der Waals surface area contributed by atoms with E-state index in [1.54, 1.807) is 0 Å². The summed E-state index contributed by atoms with van der Waals surface area (Å²) >= 11 is 0. The molecule has 0 radical (unpaired) electrons. The maximum absolute atomic E-state index is 7.24. The van der Waals surface area contributed by atoms with E-state index in [0.717, 1.165) is 0 Å². The van der Waals surface area contributed by atoms with Gasteiger partial charge >= 0.3 is 0 Å². The van der Waals surface area contributed by atoms with Crippen LogP contribution in [0.25, 0.3) is 0 Å². The van der Waals surface area contributed by atoms with Gasteiger partial charge in [-0.05, 0) is 12.9 Å². The van der Waals surface area contributed by atoms with Crippen LogP contribution in [0.15, 0.2) is 0 Å². The molecule has 1 fully saturated rings. The molecule has 0 aromatic heterocycles. The van der Waals surface area contributed by atoms with Crippen molar-refractivity contribution in [3.63, 3.8) is 0 Å². The number of hydrogen-bond acceptors (Lipinski definition) is 2. The van der Waals surface area contributed by atoms with Crippen molar-refractivity contribution in [3.8, 4) is 0 Å². The summed E-state index contributed by atoms with van der Waals surface area (Å²) in [5, 5.41) is 2.73. The van der Waals surface area contributed by atoms with Gasteiger partial charge in [0.1, 0.15) is 0 Å². The molecular weight excluding hydrogens is 90.1 g/mol. The Morgan fingerprint density at radius 3 is 3.57 bits per heavy atom. The first-order valence-electron chi connectivity index (χ1n) is 3.53. The molecule has 0 unspecified atom stereocenters. The van der Waals surface area contributed by atoms with Crippen LogP contribution in [0.2, 0.25) is 0 Å². The minimum Gasteiger partial charge on any atom is -0.380 e. The van der Waals surface area contributed by atoms with Gasteiger partial charge in [0, 0.05) is 15.9 Å². The van der Waals surface area contributed by atoms with Crippen LogP contribution in [0, 0.1) is 0 Å². The molecule has 1 N–H and O–H groups in total. The van der Waals surface area contributed by atoms with E-state index in [-0.39, 0.29) is 0 Å². The number of rotatable bonds is 0. The lowest BCUT2D eigenvalue weighted by atomic mass is 10.5. The van der Waals surface area contributed by atoms with Gasteiger partial charge < -0.3 is 10.1 Å². The van der Waals surface area contributed by atoms with Crippen LogP contribution in [0.4, 0.5) is 0 Å². The highest BCUT2D eigenvalue weighted by Crippen LogP contribution is 1.83. The molecule has 42 valence electrons. The molecular formula is C5H11NO. The topological polar surface area (TPSA) is 21.3 Å².